The number of aliphatic hydroxyl groups excluding tert-OH is 1. The minimum Gasteiger partial charge on any atom is -0.494 e. The Labute approximate surface area is 114 Å². The van der Waals surface area contributed by atoms with Crippen molar-refractivity contribution in [2.45, 2.75) is 31.4 Å². The Kier molecular flexibility index (Phi) is 4.39. The highest BCUT2D eigenvalue weighted by Gasteiger charge is 2.26. The molecule has 2 amide bonds. The van der Waals surface area contributed by atoms with E-state index >= 15 is 0 Å². The Hall–Kier alpha value is -1.89. The van der Waals surface area contributed by atoms with Gasteiger partial charge in [0.1, 0.15) is 0 Å². The summed E-state index contributed by atoms with van der Waals surface area (Å²) in [4.78, 5) is 11.7. The maximum atomic E-state index is 13.6. The Balaban J connectivity index is 2.02. The van der Waals surface area contributed by atoms with E-state index in [0.29, 0.717) is 12.8 Å². The van der Waals surface area contributed by atoms with E-state index in [4.69, 9.17) is 0 Å². The molecule has 1 fully saturated rings. The summed E-state index contributed by atoms with van der Waals surface area (Å²) < 4.78 is 31.7. The van der Waals surface area contributed by atoms with Crippen LogP contribution in [0.4, 0.5) is 19.3 Å². The highest BCUT2D eigenvalue weighted by Crippen LogP contribution is 2.25. The summed E-state index contributed by atoms with van der Waals surface area (Å²) in [6.07, 6.45) is 1.50. The second-order valence-electron chi connectivity index (χ2n) is 4.67. The van der Waals surface area contributed by atoms with Crippen LogP contribution < -0.4 is 15.4 Å². The number of aliphatic hydroxyl groups is 1. The standard InChI is InChI=1S/C13H16F2N2O3/c1-20-12-6-7(14)10(5-8(12)15)17-13(19)16-9-3-2-4-11(9)18/h5-6,9,11,18H,2-4H2,1H3,(H2,16,17,19). The number of anilines is 1. The zero-order valence-corrected chi connectivity index (χ0v) is 11.0. The second kappa shape index (κ2) is 6.04. The zero-order valence-electron chi connectivity index (χ0n) is 11.0. The Bertz CT molecular complexity index is 511. The second-order valence-corrected chi connectivity index (χ2v) is 4.67. The molecule has 5 nitrogen and oxygen atoms in total. The minimum atomic E-state index is -0.801. The fourth-order valence-corrected chi connectivity index (χ4v) is 2.22. The lowest BCUT2D eigenvalue weighted by molar-refractivity contribution is 0.151. The van der Waals surface area contributed by atoms with Crippen molar-refractivity contribution in [1.29, 1.82) is 0 Å². The molecule has 20 heavy (non-hydrogen) atoms. The van der Waals surface area contributed by atoms with Crippen LogP contribution in [0.3, 0.4) is 0 Å². The third-order valence-electron chi connectivity index (χ3n) is 3.29. The summed E-state index contributed by atoms with van der Waals surface area (Å²) >= 11 is 0. The van der Waals surface area contributed by atoms with E-state index in [9.17, 15) is 18.7 Å². The molecule has 2 atom stereocenters. The Morgan fingerprint density at radius 1 is 1.35 bits per heavy atom. The first-order valence-corrected chi connectivity index (χ1v) is 6.30. The van der Waals surface area contributed by atoms with E-state index in [2.05, 4.69) is 15.4 Å². The summed E-state index contributed by atoms with van der Waals surface area (Å²) in [5.74, 6) is -1.81. The molecule has 110 valence electrons. The van der Waals surface area contributed by atoms with Crippen LogP contribution in [0.5, 0.6) is 5.75 Å². The third-order valence-corrected chi connectivity index (χ3v) is 3.29. The monoisotopic (exact) mass is 286 g/mol. The van der Waals surface area contributed by atoms with Crippen molar-refractivity contribution in [3.8, 4) is 5.75 Å². The van der Waals surface area contributed by atoms with Crippen LogP contribution in [0.1, 0.15) is 19.3 Å². The summed E-state index contributed by atoms with van der Waals surface area (Å²) in [6, 6.07) is 0.661. The molecule has 0 saturated heterocycles. The van der Waals surface area contributed by atoms with Crippen molar-refractivity contribution in [3.63, 3.8) is 0 Å². The van der Waals surface area contributed by atoms with Crippen LogP contribution in [0.25, 0.3) is 0 Å². The lowest BCUT2D eigenvalue weighted by atomic mass is 10.2. The molecule has 0 heterocycles. The highest BCUT2D eigenvalue weighted by atomic mass is 19.1. The number of benzene rings is 1. The van der Waals surface area contributed by atoms with Gasteiger partial charge in [0.25, 0.3) is 0 Å². The first-order valence-electron chi connectivity index (χ1n) is 6.30. The van der Waals surface area contributed by atoms with Gasteiger partial charge >= 0.3 is 6.03 Å². The van der Waals surface area contributed by atoms with E-state index in [0.717, 1.165) is 18.6 Å². The van der Waals surface area contributed by atoms with Crippen molar-refractivity contribution < 1.29 is 23.4 Å². The quantitative estimate of drug-likeness (QED) is 0.796. The minimum absolute atomic E-state index is 0.236. The predicted molar refractivity (Wildman–Crippen MR) is 68.7 cm³/mol. The fourth-order valence-electron chi connectivity index (χ4n) is 2.22. The third kappa shape index (κ3) is 3.16. The molecule has 1 aromatic carbocycles. The average molecular weight is 286 g/mol. The summed E-state index contributed by atoms with van der Waals surface area (Å²) in [5, 5.41) is 14.3. The van der Waals surface area contributed by atoms with Gasteiger partial charge in [0, 0.05) is 12.1 Å². The van der Waals surface area contributed by atoms with Gasteiger partial charge in [-0.3, -0.25) is 0 Å². The van der Waals surface area contributed by atoms with Gasteiger partial charge in [-0.25, -0.2) is 13.6 Å². The number of hydrogen-bond donors (Lipinski definition) is 3. The lowest BCUT2D eigenvalue weighted by Gasteiger charge is -2.17. The number of amides is 2. The van der Waals surface area contributed by atoms with E-state index in [-0.39, 0.29) is 17.5 Å². The number of nitrogens with one attached hydrogen (secondary N) is 2. The molecule has 0 aromatic heterocycles. The molecule has 1 saturated carbocycles. The van der Waals surface area contributed by atoms with Crippen molar-refractivity contribution in [3.05, 3.63) is 23.8 Å². The lowest BCUT2D eigenvalue weighted by Crippen LogP contribution is -2.42. The number of ether oxygens (including phenoxy) is 1. The van der Waals surface area contributed by atoms with Gasteiger partial charge in [0.2, 0.25) is 0 Å². The highest BCUT2D eigenvalue weighted by molar-refractivity contribution is 5.89. The maximum Gasteiger partial charge on any atom is 0.319 e. The molecule has 0 spiro atoms. The van der Waals surface area contributed by atoms with Gasteiger partial charge in [0.05, 0.1) is 24.9 Å². The summed E-state index contributed by atoms with van der Waals surface area (Å²) in [7, 11) is 1.22. The number of urea groups is 1. The summed E-state index contributed by atoms with van der Waals surface area (Å²) in [6.45, 7) is 0. The molecular formula is C13H16F2N2O3. The van der Waals surface area contributed by atoms with Crippen LogP contribution >= 0.6 is 0 Å². The largest absolute Gasteiger partial charge is 0.494 e. The molecular weight excluding hydrogens is 270 g/mol. The number of rotatable bonds is 3. The van der Waals surface area contributed by atoms with Crippen LogP contribution in [0, 0.1) is 11.6 Å². The van der Waals surface area contributed by atoms with Gasteiger partial charge in [-0.05, 0) is 19.3 Å². The topological polar surface area (TPSA) is 70.6 Å². The van der Waals surface area contributed by atoms with Crippen LogP contribution in [-0.2, 0) is 0 Å². The molecule has 1 aliphatic carbocycles. The molecule has 1 aliphatic rings. The molecule has 0 bridgehead atoms. The molecule has 3 N–H and O–H groups in total. The number of hydrogen-bond acceptors (Lipinski definition) is 3. The SMILES string of the molecule is COc1cc(F)c(NC(=O)NC2CCCC2O)cc1F. The van der Waals surface area contributed by atoms with Gasteiger partial charge < -0.3 is 20.5 Å². The molecule has 2 unspecified atom stereocenters. The normalized spacial score (nSPS) is 21.6. The van der Waals surface area contributed by atoms with Crippen LogP contribution in [0.15, 0.2) is 12.1 Å². The van der Waals surface area contributed by atoms with Crippen LogP contribution in [-0.4, -0.2) is 30.4 Å². The first kappa shape index (κ1) is 14.5. The van der Waals surface area contributed by atoms with Crippen molar-refractivity contribution in [2.75, 3.05) is 12.4 Å². The van der Waals surface area contributed by atoms with Crippen molar-refractivity contribution >= 4 is 11.7 Å². The first-order chi connectivity index (χ1) is 9.51. The van der Waals surface area contributed by atoms with Crippen molar-refractivity contribution in [2.24, 2.45) is 0 Å². The molecule has 7 heteroatoms. The van der Waals surface area contributed by atoms with Crippen molar-refractivity contribution in [1.82, 2.24) is 5.32 Å². The smallest absolute Gasteiger partial charge is 0.319 e. The van der Waals surface area contributed by atoms with E-state index in [1.165, 1.54) is 7.11 Å². The number of halogens is 2. The van der Waals surface area contributed by atoms with E-state index in [1.807, 2.05) is 0 Å². The fraction of sp³-hybridized carbons (Fsp3) is 0.462. The summed E-state index contributed by atoms with van der Waals surface area (Å²) in [5.41, 5.74) is -0.284. The van der Waals surface area contributed by atoms with Gasteiger partial charge in [-0.2, -0.15) is 0 Å². The number of carbonyl (C=O) groups excluding carboxylic acids is 1. The van der Waals surface area contributed by atoms with Gasteiger partial charge in [-0.15, -0.1) is 0 Å². The number of carbonyl (C=O) groups is 1. The van der Waals surface area contributed by atoms with E-state index in [1.54, 1.807) is 0 Å². The van der Waals surface area contributed by atoms with E-state index < -0.39 is 23.8 Å². The van der Waals surface area contributed by atoms with Gasteiger partial charge in [-0.1, -0.05) is 0 Å². The average Bonchev–Trinajstić information content (AvgIpc) is 2.79. The Morgan fingerprint density at radius 2 is 2.10 bits per heavy atom. The zero-order chi connectivity index (χ0) is 14.7. The molecule has 2 rings (SSSR count). The maximum absolute atomic E-state index is 13.6. The van der Waals surface area contributed by atoms with Gasteiger partial charge in [0.15, 0.2) is 17.4 Å². The number of methoxy groups -OCH3 is 1. The van der Waals surface area contributed by atoms with Crippen LogP contribution in [0.2, 0.25) is 0 Å². The molecule has 0 radical (unpaired) electrons. The molecule has 1 aromatic rings. The molecule has 0 aliphatic heterocycles. The Morgan fingerprint density at radius 3 is 2.70 bits per heavy atom. The predicted octanol–water partition coefficient (Wildman–Crippen LogP) is 2.01.